The minimum absolute atomic E-state index is 0. The zero-order valence-corrected chi connectivity index (χ0v) is 17.6. The third-order valence-corrected chi connectivity index (χ3v) is 3.98. The zero-order valence-electron chi connectivity index (χ0n) is 15.3. The topological polar surface area (TPSA) is 65.9 Å². The Morgan fingerprint density at radius 2 is 1.77 bits per heavy atom. The maximum absolute atomic E-state index is 9.61. The molecule has 2 aromatic carbocycles. The SMILES string of the molecule is CN=C(NCCOc1ccccc1C)NCC(CO)c1ccccc1.I. The number of hydrogen-bond acceptors (Lipinski definition) is 3. The van der Waals surface area contributed by atoms with Crippen molar-refractivity contribution < 1.29 is 9.84 Å². The molecule has 6 heteroatoms. The molecule has 0 radical (unpaired) electrons. The first-order valence-corrected chi connectivity index (χ1v) is 8.53. The van der Waals surface area contributed by atoms with Gasteiger partial charge in [0.05, 0.1) is 13.2 Å². The van der Waals surface area contributed by atoms with Crippen LogP contribution in [0.4, 0.5) is 0 Å². The van der Waals surface area contributed by atoms with Crippen LogP contribution in [0.3, 0.4) is 0 Å². The highest BCUT2D eigenvalue weighted by Crippen LogP contribution is 2.15. The number of para-hydroxylation sites is 1. The molecular weight excluding hydrogens is 441 g/mol. The first kappa shape index (κ1) is 22.2. The van der Waals surface area contributed by atoms with E-state index in [1.54, 1.807) is 7.05 Å². The molecule has 0 aliphatic carbocycles. The van der Waals surface area contributed by atoms with Crippen molar-refractivity contribution in [3.8, 4) is 5.75 Å². The Morgan fingerprint density at radius 3 is 2.42 bits per heavy atom. The van der Waals surface area contributed by atoms with Gasteiger partial charge in [-0.3, -0.25) is 4.99 Å². The third-order valence-electron chi connectivity index (χ3n) is 3.98. The van der Waals surface area contributed by atoms with Crippen LogP contribution in [-0.4, -0.2) is 44.4 Å². The summed E-state index contributed by atoms with van der Waals surface area (Å²) in [5, 5.41) is 16.1. The highest BCUT2D eigenvalue weighted by Gasteiger charge is 2.10. The second kappa shape index (κ2) is 12.5. The van der Waals surface area contributed by atoms with Crippen LogP contribution in [0.2, 0.25) is 0 Å². The van der Waals surface area contributed by atoms with Gasteiger partial charge in [0.1, 0.15) is 12.4 Å². The van der Waals surface area contributed by atoms with E-state index in [0.29, 0.717) is 25.7 Å². The Kier molecular flexibility index (Phi) is 10.7. The van der Waals surface area contributed by atoms with Crippen molar-refractivity contribution in [2.75, 3.05) is 33.4 Å². The number of aliphatic hydroxyl groups excluding tert-OH is 1. The molecule has 142 valence electrons. The summed E-state index contributed by atoms with van der Waals surface area (Å²) >= 11 is 0. The molecular formula is C20H28IN3O2. The number of rotatable bonds is 8. The van der Waals surface area contributed by atoms with Crippen LogP contribution in [0.1, 0.15) is 17.0 Å². The van der Waals surface area contributed by atoms with Gasteiger partial charge in [-0.05, 0) is 24.1 Å². The lowest BCUT2D eigenvalue weighted by atomic mass is 10.0. The minimum Gasteiger partial charge on any atom is -0.491 e. The number of nitrogens with zero attached hydrogens (tertiary/aromatic N) is 1. The fraction of sp³-hybridized carbons (Fsp3) is 0.350. The Labute approximate surface area is 172 Å². The minimum atomic E-state index is 0. The lowest BCUT2D eigenvalue weighted by Gasteiger charge is -2.18. The molecule has 0 saturated heterocycles. The molecule has 26 heavy (non-hydrogen) atoms. The molecule has 3 N–H and O–H groups in total. The summed E-state index contributed by atoms with van der Waals surface area (Å²) in [5.74, 6) is 1.63. The van der Waals surface area contributed by atoms with Gasteiger partial charge in [-0.2, -0.15) is 0 Å². The van der Waals surface area contributed by atoms with Crippen molar-refractivity contribution in [1.29, 1.82) is 0 Å². The van der Waals surface area contributed by atoms with Crippen LogP contribution in [0, 0.1) is 6.92 Å². The average Bonchev–Trinajstić information content (AvgIpc) is 2.66. The van der Waals surface area contributed by atoms with E-state index in [0.717, 1.165) is 16.9 Å². The predicted octanol–water partition coefficient (Wildman–Crippen LogP) is 2.93. The molecule has 0 fully saturated rings. The molecule has 0 amide bonds. The fourth-order valence-corrected chi connectivity index (χ4v) is 2.50. The first-order chi connectivity index (χ1) is 12.2. The third kappa shape index (κ3) is 7.21. The molecule has 0 aromatic heterocycles. The molecule has 0 bridgehead atoms. The summed E-state index contributed by atoms with van der Waals surface area (Å²) in [4.78, 5) is 4.21. The van der Waals surface area contributed by atoms with E-state index in [1.807, 2.05) is 61.5 Å². The van der Waals surface area contributed by atoms with Crippen molar-refractivity contribution in [2.24, 2.45) is 4.99 Å². The highest BCUT2D eigenvalue weighted by atomic mass is 127. The number of hydrogen-bond donors (Lipinski definition) is 3. The van der Waals surface area contributed by atoms with Crippen molar-refractivity contribution in [1.82, 2.24) is 10.6 Å². The average molecular weight is 469 g/mol. The van der Waals surface area contributed by atoms with E-state index in [9.17, 15) is 5.11 Å². The quantitative estimate of drug-likeness (QED) is 0.241. The molecule has 1 atom stereocenters. The lowest BCUT2D eigenvalue weighted by molar-refractivity contribution is 0.265. The fourth-order valence-electron chi connectivity index (χ4n) is 2.50. The van der Waals surface area contributed by atoms with Gasteiger partial charge in [-0.15, -0.1) is 24.0 Å². The Morgan fingerprint density at radius 1 is 1.08 bits per heavy atom. The number of benzene rings is 2. The highest BCUT2D eigenvalue weighted by molar-refractivity contribution is 14.0. The maximum Gasteiger partial charge on any atom is 0.191 e. The summed E-state index contributed by atoms with van der Waals surface area (Å²) in [6.07, 6.45) is 0. The summed E-state index contributed by atoms with van der Waals surface area (Å²) in [7, 11) is 1.73. The van der Waals surface area contributed by atoms with Crippen LogP contribution in [0.5, 0.6) is 5.75 Å². The molecule has 0 heterocycles. The van der Waals surface area contributed by atoms with E-state index < -0.39 is 0 Å². The van der Waals surface area contributed by atoms with E-state index in [1.165, 1.54) is 0 Å². The van der Waals surface area contributed by atoms with Crippen molar-refractivity contribution >= 4 is 29.9 Å². The van der Waals surface area contributed by atoms with Gasteiger partial charge in [0.2, 0.25) is 0 Å². The van der Waals surface area contributed by atoms with Crippen molar-refractivity contribution in [2.45, 2.75) is 12.8 Å². The number of aliphatic imine (C=N–C) groups is 1. The van der Waals surface area contributed by atoms with Crippen molar-refractivity contribution in [3.05, 3.63) is 65.7 Å². The first-order valence-electron chi connectivity index (χ1n) is 8.53. The Hall–Kier alpha value is -1.80. The van der Waals surface area contributed by atoms with Gasteiger partial charge in [0, 0.05) is 19.5 Å². The van der Waals surface area contributed by atoms with Gasteiger partial charge in [0.25, 0.3) is 0 Å². The lowest BCUT2D eigenvalue weighted by Crippen LogP contribution is -2.41. The maximum atomic E-state index is 9.61. The van der Waals surface area contributed by atoms with Gasteiger partial charge in [-0.1, -0.05) is 48.5 Å². The summed E-state index contributed by atoms with van der Waals surface area (Å²) in [6, 6.07) is 17.9. The summed E-state index contributed by atoms with van der Waals surface area (Å²) < 4.78 is 5.76. The Balaban J connectivity index is 0.00000338. The molecule has 0 aliphatic rings. The molecule has 2 aromatic rings. The molecule has 0 spiro atoms. The number of ether oxygens (including phenoxy) is 1. The van der Waals surface area contributed by atoms with Crippen LogP contribution >= 0.6 is 24.0 Å². The summed E-state index contributed by atoms with van der Waals surface area (Å²) in [5.41, 5.74) is 2.23. The smallest absolute Gasteiger partial charge is 0.191 e. The molecule has 1 unspecified atom stereocenters. The number of aryl methyl sites for hydroxylation is 1. The Bertz CT molecular complexity index is 665. The molecule has 0 aliphatic heterocycles. The summed E-state index contributed by atoms with van der Waals surface area (Å²) in [6.45, 7) is 3.92. The van der Waals surface area contributed by atoms with Gasteiger partial charge in [-0.25, -0.2) is 0 Å². The van der Waals surface area contributed by atoms with Crippen LogP contribution in [0.25, 0.3) is 0 Å². The van der Waals surface area contributed by atoms with Crippen LogP contribution < -0.4 is 15.4 Å². The van der Waals surface area contributed by atoms with Gasteiger partial charge < -0.3 is 20.5 Å². The normalized spacial score (nSPS) is 12.0. The number of halogens is 1. The number of nitrogens with one attached hydrogen (secondary N) is 2. The van der Waals surface area contributed by atoms with Crippen LogP contribution in [0.15, 0.2) is 59.6 Å². The second-order valence-corrected chi connectivity index (χ2v) is 5.78. The monoisotopic (exact) mass is 469 g/mol. The van der Waals surface area contributed by atoms with E-state index >= 15 is 0 Å². The largest absolute Gasteiger partial charge is 0.491 e. The standard InChI is InChI=1S/C20H27N3O2.HI/c1-16-8-6-7-11-19(16)25-13-12-22-20(21-2)23-14-18(15-24)17-9-4-3-5-10-17;/h3-11,18,24H,12-15H2,1-2H3,(H2,21,22,23);1H. The zero-order chi connectivity index (χ0) is 17.9. The number of guanidine groups is 1. The second-order valence-electron chi connectivity index (χ2n) is 5.78. The van der Waals surface area contributed by atoms with E-state index in [2.05, 4.69) is 15.6 Å². The van der Waals surface area contributed by atoms with Gasteiger partial charge >= 0.3 is 0 Å². The van der Waals surface area contributed by atoms with E-state index in [-0.39, 0.29) is 36.5 Å². The molecule has 0 saturated carbocycles. The predicted molar refractivity (Wildman–Crippen MR) is 118 cm³/mol. The van der Waals surface area contributed by atoms with Crippen molar-refractivity contribution in [3.63, 3.8) is 0 Å². The number of aliphatic hydroxyl groups is 1. The molecule has 2 rings (SSSR count). The van der Waals surface area contributed by atoms with Crippen LogP contribution in [-0.2, 0) is 0 Å². The molecule has 5 nitrogen and oxygen atoms in total. The van der Waals surface area contributed by atoms with E-state index in [4.69, 9.17) is 4.74 Å². The van der Waals surface area contributed by atoms with Gasteiger partial charge in [0.15, 0.2) is 5.96 Å².